The summed E-state index contributed by atoms with van der Waals surface area (Å²) < 4.78 is 0. The van der Waals surface area contributed by atoms with Gasteiger partial charge in [0.1, 0.15) is 0 Å². The lowest BCUT2D eigenvalue weighted by Gasteiger charge is -2.37. The Morgan fingerprint density at radius 2 is 1.87 bits per heavy atom. The van der Waals surface area contributed by atoms with Crippen LogP contribution in [0.4, 0.5) is 0 Å². The number of fused-ring (bicyclic) bond motifs is 2. The molecular formula is C12H24N2O. The minimum Gasteiger partial charge on any atom is -0.393 e. The molecule has 88 valence electrons. The molecule has 2 N–H and O–H groups in total. The van der Waals surface area contributed by atoms with Gasteiger partial charge in [0.25, 0.3) is 0 Å². The van der Waals surface area contributed by atoms with Crippen molar-refractivity contribution in [3.05, 3.63) is 0 Å². The molecule has 2 aliphatic rings. The third-order valence-electron chi connectivity index (χ3n) is 3.83. The fourth-order valence-corrected chi connectivity index (χ4v) is 3.12. The van der Waals surface area contributed by atoms with E-state index >= 15 is 0 Å². The van der Waals surface area contributed by atoms with Crippen molar-refractivity contribution < 1.29 is 5.11 Å². The van der Waals surface area contributed by atoms with Crippen molar-refractivity contribution in [1.29, 1.82) is 0 Å². The zero-order chi connectivity index (χ0) is 10.7. The van der Waals surface area contributed by atoms with E-state index in [1.807, 2.05) is 0 Å². The summed E-state index contributed by atoms with van der Waals surface area (Å²) in [6, 6.07) is 1.34. The summed E-state index contributed by atoms with van der Waals surface area (Å²) in [4.78, 5) is 2.62. The Morgan fingerprint density at radius 3 is 2.47 bits per heavy atom. The first-order chi connectivity index (χ1) is 7.31. The van der Waals surface area contributed by atoms with Crippen LogP contribution in [-0.2, 0) is 0 Å². The van der Waals surface area contributed by atoms with Gasteiger partial charge in [-0.15, -0.1) is 0 Å². The van der Waals surface area contributed by atoms with Gasteiger partial charge in [-0.25, -0.2) is 0 Å². The van der Waals surface area contributed by atoms with Crippen molar-refractivity contribution >= 4 is 0 Å². The average molecular weight is 212 g/mol. The summed E-state index contributed by atoms with van der Waals surface area (Å²) in [6.07, 6.45) is 5.80. The van der Waals surface area contributed by atoms with Crippen LogP contribution in [0.15, 0.2) is 0 Å². The van der Waals surface area contributed by atoms with Crippen LogP contribution in [0.25, 0.3) is 0 Å². The molecule has 2 atom stereocenters. The monoisotopic (exact) mass is 212 g/mol. The molecule has 0 aromatic rings. The highest BCUT2D eigenvalue weighted by Gasteiger charge is 2.39. The van der Waals surface area contributed by atoms with Crippen LogP contribution in [-0.4, -0.2) is 47.8 Å². The Labute approximate surface area is 92.8 Å². The predicted octanol–water partition coefficient (Wildman–Crippen LogP) is 0.974. The SMILES string of the molecule is CCCNCCN1C2CCC1CC(O)C2. The van der Waals surface area contributed by atoms with Gasteiger partial charge in [-0.1, -0.05) is 6.92 Å². The standard InChI is InChI=1S/C12H24N2O/c1-2-5-13-6-7-14-10-3-4-11(14)9-12(15)8-10/h10-13,15H,2-9H2,1H3. The number of hydrogen-bond donors (Lipinski definition) is 2. The molecule has 2 aliphatic heterocycles. The van der Waals surface area contributed by atoms with Crippen LogP contribution < -0.4 is 5.32 Å². The Morgan fingerprint density at radius 1 is 1.20 bits per heavy atom. The number of nitrogens with one attached hydrogen (secondary N) is 1. The summed E-state index contributed by atoms with van der Waals surface area (Å²) in [7, 11) is 0. The van der Waals surface area contributed by atoms with Crippen LogP contribution in [0.2, 0.25) is 0 Å². The molecule has 2 unspecified atom stereocenters. The van der Waals surface area contributed by atoms with E-state index in [0.29, 0.717) is 12.1 Å². The Kier molecular flexibility index (Phi) is 4.00. The molecule has 0 saturated carbocycles. The van der Waals surface area contributed by atoms with Crippen molar-refractivity contribution in [3.8, 4) is 0 Å². The maximum atomic E-state index is 9.68. The van der Waals surface area contributed by atoms with Crippen molar-refractivity contribution in [2.24, 2.45) is 0 Å². The van der Waals surface area contributed by atoms with Gasteiger partial charge >= 0.3 is 0 Å². The van der Waals surface area contributed by atoms with Crippen LogP contribution in [0.5, 0.6) is 0 Å². The Bertz CT molecular complexity index is 184. The molecule has 3 heteroatoms. The van der Waals surface area contributed by atoms with E-state index in [4.69, 9.17) is 0 Å². The van der Waals surface area contributed by atoms with Crippen LogP contribution >= 0.6 is 0 Å². The highest BCUT2D eigenvalue weighted by atomic mass is 16.3. The van der Waals surface area contributed by atoms with E-state index in [1.54, 1.807) is 0 Å². The van der Waals surface area contributed by atoms with Crippen molar-refractivity contribution in [3.63, 3.8) is 0 Å². The Balaban J connectivity index is 1.74. The van der Waals surface area contributed by atoms with Crippen LogP contribution in [0.3, 0.4) is 0 Å². The van der Waals surface area contributed by atoms with E-state index in [-0.39, 0.29) is 6.10 Å². The number of hydrogen-bond acceptors (Lipinski definition) is 3. The lowest BCUT2D eigenvalue weighted by Crippen LogP contribution is -2.47. The molecule has 0 aliphatic carbocycles. The first-order valence-electron chi connectivity index (χ1n) is 6.45. The highest BCUT2D eigenvalue weighted by molar-refractivity contribution is 4.95. The van der Waals surface area contributed by atoms with Gasteiger partial charge in [0.05, 0.1) is 6.10 Å². The van der Waals surface area contributed by atoms with Gasteiger partial charge in [-0.3, -0.25) is 4.90 Å². The molecule has 0 aromatic carbocycles. The van der Waals surface area contributed by atoms with Gasteiger partial charge in [0.2, 0.25) is 0 Å². The molecule has 0 amide bonds. The quantitative estimate of drug-likeness (QED) is 0.667. The van der Waals surface area contributed by atoms with Gasteiger partial charge in [-0.05, 0) is 38.6 Å². The maximum Gasteiger partial charge on any atom is 0.0570 e. The van der Waals surface area contributed by atoms with E-state index < -0.39 is 0 Å². The summed E-state index contributed by atoms with van der Waals surface area (Å²) in [5.74, 6) is 0. The lowest BCUT2D eigenvalue weighted by molar-refractivity contribution is 0.0362. The molecule has 2 heterocycles. The lowest BCUT2D eigenvalue weighted by atomic mass is 10.00. The normalized spacial score (nSPS) is 36.0. The molecule has 2 bridgehead atoms. The van der Waals surface area contributed by atoms with Crippen molar-refractivity contribution in [2.75, 3.05) is 19.6 Å². The number of aliphatic hydroxyl groups is 1. The van der Waals surface area contributed by atoms with Crippen LogP contribution in [0, 0.1) is 0 Å². The van der Waals surface area contributed by atoms with Gasteiger partial charge in [-0.2, -0.15) is 0 Å². The predicted molar refractivity (Wildman–Crippen MR) is 61.9 cm³/mol. The third kappa shape index (κ3) is 2.71. The van der Waals surface area contributed by atoms with Crippen LogP contribution in [0.1, 0.15) is 39.0 Å². The second-order valence-corrected chi connectivity index (χ2v) is 5.00. The second-order valence-electron chi connectivity index (χ2n) is 5.00. The molecular weight excluding hydrogens is 188 g/mol. The summed E-state index contributed by atoms with van der Waals surface area (Å²) in [5.41, 5.74) is 0. The zero-order valence-corrected chi connectivity index (χ0v) is 9.78. The second kappa shape index (κ2) is 5.28. The Hall–Kier alpha value is -0.120. The zero-order valence-electron chi connectivity index (χ0n) is 9.78. The molecule has 15 heavy (non-hydrogen) atoms. The number of aliphatic hydroxyl groups excluding tert-OH is 1. The highest BCUT2D eigenvalue weighted by Crippen LogP contribution is 2.35. The first kappa shape index (κ1) is 11.4. The number of nitrogens with zero attached hydrogens (tertiary/aromatic N) is 1. The van der Waals surface area contributed by atoms with Crippen molar-refractivity contribution in [2.45, 2.75) is 57.2 Å². The van der Waals surface area contributed by atoms with E-state index in [1.165, 1.54) is 25.8 Å². The number of rotatable bonds is 5. The molecule has 0 radical (unpaired) electrons. The summed E-state index contributed by atoms with van der Waals surface area (Å²) >= 11 is 0. The van der Waals surface area contributed by atoms with Gasteiger partial charge < -0.3 is 10.4 Å². The smallest absolute Gasteiger partial charge is 0.0570 e. The fourth-order valence-electron chi connectivity index (χ4n) is 3.12. The molecule has 0 aromatic heterocycles. The van der Waals surface area contributed by atoms with E-state index in [9.17, 15) is 5.11 Å². The third-order valence-corrected chi connectivity index (χ3v) is 3.83. The molecule has 2 saturated heterocycles. The van der Waals surface area contributed by atoms with E-state index in [0.717, 1.165) is 25.9 Å². The summed E-state index contributed by atoms with van der Waals surface area (Å²) in [6.45, 7) is 5.61. The summed E-state index contributed by atoms with van der Waals surface area (Å²) in [5, 5.41) is 13.1. The molecule has 2 fully saturated rings. The number of piperidine rings is 1. The minimum absolute atomic E-state index is 0.0256. The molecule has 0 spiro atoms. The maximum absolute atomic E-state index is 9.68. The fraction of sp³-hybridized carbons (Fsp3) is 1.00. The van der Waals surface area contributed by atoms with Gasteiger partial charge in [0.15, 0.2) is 0 Å². The molecule has 2 rings (SSSR count). The molecule has 3 nitrogen and oxygen atoms in total. The average Bonchev–Trinajstić information content (AvgIpc) is 2.46. The van der Waals surface area contributed by atoms with Gasteiger partial charge in [0, 0.05) is 25.2 Å². The largest absolute Gasteiger partial charge is 0.393 e. The van der Waals surface area contributed by atoms with E-state index in [2.05, 4.69) is 17.1 Å². The van der Waals surface area contributed by atoms with Crippen molar-refractivity contribution in [1.82, 2.24) is 10.2 Å². The first-order valence-corrected chi connectivity index (χ1v) is 6.45. The minimum atomic E-state index is -0.0256. The topological polar surface area (TPSA) is 35.5 Å².